The molecule has 0 aromatic rings. The first-order valence-corrected chi connectivity index (χ1v) is 5.80. The summed E-state index contributed by atoms with van der Waals surface area (Å²) in [5.41, 5.74) is 1.85. The van der Waals surface area contributed by atoms with E-state index in [-0.39, 0.29) is 5.91 Å². The Balaban J connectivity index is 2.69. The number of carbonyl (C=O) groups is 1. The van der Waals surface area contributed by atoms with Crippen LogP contribution in [0.4, 0.5) is 0 Å². The topological polar surface area (TPSA) is 58.4 Å². The average molecular weight is 213 g/mol. The molecule has 1 saturated heterocycles. The zero-order valence-electron chi connectivity index (χ0n) is 10.0. The summed E-state index contributed by atoms with van der Waals surface area (Å²) in [6, 6.07) is 0. The predicted octanol–water partition coefficient (Wildman–Crippen LogP) is 0.877. The molecule has 1 aliphatic rings. The lowest BCUT2D eigenvalue weighted by atomic mass is 9.90. The molecule has 1 heterocycles. The molecule has 1 amide bonds. The summed E-state index contributed by atoms with van der Waals surface area (Å²) >= 11 is 0. The number of carbonyl (C=O) groups excluding carboxylic acids is 1. The number of hydrogen-bond donors (Lipinski definition) is 2. The third kappa shape index (κ3) is 2.49. The van der Waals surface area contributed by atoms with Crippen LogP contribution in [0.2, 0.25) is 0 Å². The van der Waals surface area contributed by atoms with Crippen LogP contribution in [0.25, 0.3) is 0 Å². The SMILES string of the molecule is CC[C@@](C)(C(=O)NN)N1CCC(C)CC1. The number of rotatable bonds is 3. The lowest BCUT2D eigenvalue weighted by Gasteiger charge is -2.42. The third-order valence-corrected chi connectivity index (χ3v) is 3.79. The molecule has 0 saturated carbocycles. The van der Waals surface area contributed by atoms with Crippen molar-refractivity contribution >= 4 is 5.91 Å². The second-order valence-electron chi connectivity index (χ2n) is 4.77. The van der Waals surface area contributed by atoms with Crippen LogP contribution in [0.1, 0.15) is 40.0 Å². The zero-order valence-corrected chi connectivity index (χ0v) is 10.0. The maximum absolute atomic E-state index is 11.8. The lowest BCUT2D eigenvalue weighted by Crippen LogP contribution is -2.59. The van der Waals surface area contributed by atoms with Gasteiger partial charge in [-0.15, -0.1) is 0 Å². The molecule has 0 unspecified atom stereocenters. The number of nitrogens with two attached hydrogens (primary N) is 1. The number of likely N-dealkylation sites (tertiary alicyclic amines) is 1. The summed E-state index contributed by atoms with van der Waals surface area (Å²) in [4.78, 5) is 14.0. The Bertz CT molecular complexity index is 224. The van der Waals surface area contributed by atoms with Gasteiger partial charge in [0.15, 0.2) is 0 Å². The smallest absolute Gasteiger partial charge is 0.254 e. The molecule has 1 aliphatic heterocycles. The van der Waals surface area contributed by atoms with E-state index < -0.39 is 5.54 Å². The van der Waals surface area contributed by atoms with E-state index in [0.29, 0.717) is 0 Å². The molecule has 88 valence electrons. The number of piperidine rings is 1. The Hall–Kier alpha value is -0.610. The highest BCUT2D eigenvalue weighted by Gasteiger charge is 2.38. The largest absolute Gasteiger partial charge is 0.293 e. The molecule has 0 bridgehead atoms. The van der Waals surface area contributed by atoms with Gasteiger partial charge in [-0.05, 0) is 45.2 Å². The molecule has 1 atom stereocenters. The molecule has 1 fully saturated rings. The summed E-state index contributed by atoms with van der Waals surface area (Å²) in [7, 11) is 0. The fourth-order valence-electron chi connectivity index (χ4n) is 2.19. The molecular formula is C11H23N3O. The first-order valence-electron chi connectivity index (χ1n) is 5.80. The average Bonchev–Trinajstić information content (AvgIpc) is 2.27. The first kappa shape index (κ1) is 12.5. The van der Waals surface area contributed by atoms with E-state index >= 15 is 0 Å². The van der Waals surface area contributed by atoms with Crippen molar-refractivity contribution < 1.29 is 4.79 Å². The summed E-state index contributed by atoms with van der Waals surface area (Å²) in [5.74, 6) is 5.95. The number of amides is 1. The van der Waals surface area contributed by atoms with Gasteiger partial charge in [0, 0.05) is 0 Å². The second-order valence-corrected chi connectivity index (χ2v) is 4.77. The van der Waals surface area contributed by atoms with Gasteiger partial charge in [-0.3, -0.25) is 15.1 Å². The Kier molecular flexibility index (Phi) is 4.11. The van der Waals surface area contributed by atoms with Crippen LogP contribution in [0.15, 0.2) is 0 Å². The highest BCUT2D eigenvalue weighted by atomic mass is 16.2. The van der Waals surface area contributed by atoms with Crippen LogP contribution >= 0.6 is 0 Å². The van der Waals surface area contributed by atoms with Crippen LogP contribution in [0.3, 0.4) is 0 Å². The Labute approximate surface area is 92.2 Å². The van der Waals surface area contributed by atoms with Gasteiger partial charge in [0.05, 0.1) is 5.54 Å². The molecule has 0 aliphatic carbocycles. The first-order chi connectivity index (χ1) is 7.04. The highest BCUT2D eigenvalue weighted by molar-refractivity contribution is 5.85. The van der Waals surface area contributed by atoms with Crippen LogP contribution < -0.4 is 11.3 Å². The third-order valence-electron chi connectivity index (χ3n) is 3.79. The molecule has 4 nitrogen and oxygen atoms in total. The molecule has 0 radical (unpaired) electrons. The fraction of sp³-hybridized carbons (Fsp3) is 0.909. The number of hydrazine groups is 1. The van der Waals surface area contributed by atoms with Gasteiger partial charge in [0.25, 0.3) is 5.91 Å². The van der Waals surface area contributed by atoms with E-state index in [4.69, 9.17) is 5.84 Å². The van der Waals surface area contributed by atoms with E-state index in [1.165, 1.54) is 12.8 Å². The van der Waals surface area contributed by atoms with Gasteiger partial charge < -0.3 is 0 Å². The van der Waals surface area contributed by atoms with Gasteiger partial charge in [-0.25, -0.2) is 5.84 Å². The molecule has 1 rings (SSSR count). The van der Waals surface area contributed by atoms with Crippen molar-refractivity contribution in [2.24, 2.45) is 11.8 Å². The summed E-state index contributed by atoms with van der Waals surface area (Å²) in [5, 5.41) is 0. The highest BCUT2D eigenvalue weighted by Crippen LogP contribution is 2.26. The standard InChI is InChI=1S/C11H23N3O/c1-4-11(3,10(15)13-12)14-7-5-9(2)6-8-14/h9H,4-8,12H2,1-3H3,(H,13,15)/t11-/m0/s1. The van der Waals surface area contributed by atoms with Gasteiger partial charge in [-0.2, -0.15) is 0 Å². The minimum atomic E-state index is -0.436. The van der Waals surface area contributed by atoms with Crippen molar-refractivity contribution in [3.8, 4) is 0 Å². The lowest BCUT2D eigenvalue weighted by molar-refractivity contribution is -0.134. The quantitative estimate of drug-likeness (QED) is 0.415. The van der Waals surface area contributed by atoms with E-state index in [2.05, 4.69) is 17.2 Å². The number of nitrogens with one attached hydrogen (secondary N) is 1. The Morgan fingerprint density at radius 2 is 2.07 bits per heavy atom. The monoisotopic (exact) mass is 213 g/mol. The van der Waals surface area contributed by atoms with Crippen molar-refractivity contribution in [2.45, 2.75) is 45.6 Å². The van der Waals surface area contributed by atoms with E-state index in [9.17, 15) is 4.79 Å². The molecule has 0 aromatic heterocycles. The van der Waals surface area contributed by atoms with Crippen molar-refractivity contribution in [2.75, 3.05) is 13.1 Å². The molecule has 0 spiro atoms. The summed E-state index contributed by atoms with van der Waals surface area (Å²) in [6.45, 7) is 8.28. The van der Waals surface area contributed by atoms with Gasteiger partial charge in [0.1, 0.15) is 0 Å². The molecule has 3 N–H and O–H groups in total. The Morgan fingerprint density at radius 3 is 2.47 bits per heavy atom. The van der Waals surface area contributed by atoms with Gasteiger partial charge in [-0.1, -0.05) is 13.8 Å². The van der Waals surface area contributed by atoms with Crippen LogP contribution in [0.5, 0.6) is 0 Å². The number of nitrogens with zero attached hydrogens (tertiary/aromatic N) is 1. The van der Waals surface area contributed by atoms with Crippen LogP contribution in [-0.2, 0) is 4.79 Å². The van der Waals surface area contributed by atoms with Gasteiger partial charge >= 0.3 is 0 Å². The number of hydrogen-bond acceptors (Lipinski definition) is 3. The molecular weight excluding hydrogens is 190 g/mol. The fourth-order valence-corrected chi connectivity index (χ4v) is 2.19. The van der Waals surface area contributed by atoms with Crippen molar-refractivity contribution in [1.82, 2.24) is 10.3 Å². The molecule has 4 heteroatoms. The summed E-state index contributed by atoms with van der Waals surface area (Å²) < 4.78 is 0. The molecule has 0 aromatic carbocycles. The normalized spacial score (nSPS) is 23.5. The summed E-state index contributed by atoms with van der Waals surface area (Å²) in [6.07, 6.45) is 3.14. The van der Waals surface area contributed by atoms with E-state index in [0.717, 1.165) is 25.4 Å². The maximum Gasteiger partial charge on any atom is 0.254 e. The molecule has 15 heavy (non-hydrogen) atoms. The minimum absolute atomic E-state index is 0.0699. The minimum Gasteiger partial charge on any atom is -0.293 e. The predicted molar refractivity (Wildman–Crippen MR) is 61.0 cm³/mol. The van der Waals surface area contributed by atoms with Crippen molar-refractivity contribution in [1.29, 1.82) is 0 Å². The second kappa shape index (κ2) is 4.94. The van der Waals surface area contributed by atoms with Crippen molar-refractivity contribution in [3.05, 3.63) is 0 Å². The maximum atomic E-state index is 11.8. The van der Waals surface area contributed by atoms with E-state index in [1.807, 2.05) is 13.8 Å². The zero-order chi connectivity index (χ0) is 11.5. The van der Waals surface area contributed by atoms with Gasteiger partial charge in [0.2, 0.25) is 0 Å². The Morgan fingerprint density at radius 1 is 1.53 bits per heavy atom. The van der Waals surface area contributed by atoms with Crippen molar-refractivity contribution in [3.63, 3.8) is 0 Å². The van der Waals surface area contributed by atoms with Crippen LogP contribution in [-0.4, -0.2) is 29.4 Å². The van der Waals surface area contributed by atoms with E-state index in [1.54, 1.807) is 0 Å². The van der Waals surface area contributed by atoms with Crippen LogP contribution in [0, 0.1) is 5.92 Å².